The highest BCUT2D eigenvalue weighted by atomic mass is 16.5. The molecule has 1 spiro atoms. The number of ether oxygens (including phenoxy) is 4. The predicted molar refractivity (Wildman–Crippen MR) is 233 cm³/mol. The highest BCUT2D eigenvalue weighted by Crippen LogP contribution is 2.64. The van der Waals surface area contributed by atoms with Gasteiger partial charge in [0.15, 0.2) is 11.5 Å². The molecular weight excluding hydrogens is 765 g/mol. The summed E-state index contributed by atoms with van der Waals surface area (Å²) < 4.78 is 24.9. The third-order valence-corrected chi connectivity index (χ3v) is 14.7. The molecule has 10 rings (SSSR count). The Balaban J connectivity index is 1.23. The normalized spacial score (nSPS) is 23.8. The van der Waals surface area contributed by atoms with E-state index in [1.54, 1.807) is 19.2 Å². The van der Waals surface area contributed by atoms with Gasteiger partial charge in [0.05, 0.1) is 20.1 Å². The van der Waals surface area contributed by atoms with E-state index in [9.17, 15) is 15.0 Å². The van der Waals surface area contributed by atoms with E-state index in [1.165, 1.54) is 32.4 Å². The van der Waals surface area contributed by atoms with Crippen LogP contribution in [0.15, 0.2) is 78.9 Å². The van der Waals surface area contributed by atoms with E-state index in [4.69, 9.17) is 29.7 Å². The molecule has 3 aliphatic carbocycles. The lowest BCUT2D eigenvalue weighted by atomic mass is 9.63. The first-order chi connectivity index (χ1) is 29.6. The maximum absolute atomic E-state index is 12.5. The van der Waals surface area contributed by atoms with E-state index in [0.29, 0.717) is 29.4 Å². The summed E-state index contributed by atoms with van der Waals surface area (Å²) in [5.41, 5.74) is 16.1. The number of phenols is 2. The van der Waals surface area contributed by atoms with Gasteiger partial charge in [0, 0.05) is 47.1 Å². The average molecular weight is 817 g/mol. The van der Waals surface area contributed by atoms with Crippen LogP contribution in [0, 0.1) is 17.8 Å². The number of aromatic hydroxyl groups is 2. The van der Waals surface area contributed by atoms with Gasteiger partial charge < -0.3 is 34.9 Å². The Hall–Kier alpha value is -6.14. The van der Waals surface area contributed by atoms with Crippen molar-refractivity contribution in [1.29, 1.82) is 0 Å². The maximum Gasteiger partial charge on any atom is 0.302 e. The lowest BCUT2D eigenvalue weighted by Crippen LogP contribution is -2.32. The van der Waals surface area contributed by atoms with Gasteiger partial charge in [-0.15, -0.1) is 0 Å². The Morgan fingerprint density at radius 3 is 2.46 bits per heavy atom. The van der Waals surface area contributed by atoms with Gasteiger partial charge in [0.1, 0.15) is 41.5 Å². The monoisotopic (exact) mass is 816 g/mol. The number of pyridine rings is 1. The fourth-order valence-electron chi connectivity index (χ4n) is 12.1. The van der Waals surface area contributed by atoms with E-state index in [-0.39, 0.29) is 59.1 Å². The summed E-state index contributed by atoms with van der Waals surface area (Å²) in [4.78, 5) is 17.4. The number of methoxy groups -OCH3 is 2. The zero-order chi connectivity index (χ0) is 42.0. The average Bonchev–Trinajstić information content (AvgIpc) is 4.00. The largest absolute Gasteiger partial charge is 0.508 e. The van der Waals surface area contributed by atoms with Crippen LogP contribution in [-0.2, 0) is 33.2 Å². The molecule has 4 aromatic carbocycles. The van der Waals surface area contributed by atoms with E-state index < -0.39 is 6.10 Å². The van der Waals surface area contributed by atoms with Crippen LogP contribution in [0.25, 0.3) is 11.1 Å². The fraction of sp³-hybridized carbons (Fsp3) is 0.385. The molecule has 5 aromatic rings. The van der Waals surface area contributed by atoms with Crippen LogP contribution in [0.4, 0.5) is 5.82 Å². The van der Waals surface area contributed by atoms with Crippen LogP contribution in [0.3, 0.4) is 0 Å². The highest BCUT2D eigenvalue weighted by molar-refractivity contribution is 5.84. The first-order valence-corrected chi connectivity index (χ1v) is 21.7. The first kappa shape index (κ1) is 39.0. The molecule has 9 heteroatoms. The fourth-order valence-corrected chi connectivity index (χ4v) is 12.1. The van der Waals surface area contributed by atoms with Crippen molar-refractivity contribution < 1.29 is 34.0 Å². The number of fused-ring (bicyclic) bond motifs is 7. The molecule has 0 radical (unpaired) electrons. The maximum atomic E-state index is 12.5. The van der Waals surface area contributed by atoms with Crippen LogP contribution in [-0.4, -0.2) is 42.0 Å². The molecule has 4 bridgehead atoms. The summed E-state index contributed by atoms with van der Waals surface area (Å²) in [6.45, 7) is 1.53. The Kier molecular flexibility index (Phi) is 9.65. The SMILES string of the molecule is COc1cc2c(cc1O)CC#Cc1nc(N)ccc1[C@H](CC1(c3ccccc3)CCCC1)[C@@H]1CC[C@@]3(Cc4cc(O)cc(OC)c4-c4ccc5c(c43)O[C@H]2[C@H]5COC(C)=O)C1. The second-order valence-electron chi connectivity index (χ2n) is 18.0. The lowest BCUT2D eigenvalue weighted by molar-refractivity contribution is -0.141. The van der Waals surface area contributed by atoms with E-state index in [2.05, 4.69) is 60.4 Å². The van der Waals surface area contributed by atoms with Crippen molar-refractivity contribution in [2.24, 2.45) is 5.92 Å². The molecule has 5 atom stereocenters. The summed E-state index contributed by atoms with van der Waals surface area (Å²) >= 11 is 0. The number of phenolic OH excluding ortho intramolecular Hbond substituents is 2. The molecule has 0 saturated heterocycles. The number of aromatic nitrogens is 1. The Morgan fingerprint density at radius 1 is 0.902 bits per heavy atom. The molecule has 61 heavy (non-hydrogen) atoms. The number of nitrogens with two attached hydrogens (primary N) is 1. The smallest absolute Gasteiger partial charge is 0.302 e. The molecule has 2 saturated carbocycles. The molecule has 0 amide bonds. The van der Waals surface area contributed by atoms with E-state index in [1.807, 2.05) is 18.2 Å². The quantitative estimate of drug-likeness (QED) is 0.108. The number of rotatable bonds is 7. The van der Waals surface area contributed by atoms with Crippen molar-refractivity contribution in [3.8, 4) is 51.7 Å². The topological polar surface area (TPSA) is 133 Å². The molecule has 4 N–H and O–H groups in total. The summed E-state index contributed by atoms with van der Waals surface area (Å²) in [5, 5.41) is 22.3. The summed E-state index contributed by atoms with van der Waals surface area (Å²) in [6.07, 6.45) is 8.73. The zero-order valence-corrected chi connectivity index (χ0v) is 35.1. The van der Waals surface area contributed by atoms with Crippen molar-refractivity contribution >= 4 is 11.8 Å². The molecule has 9 nitrogen and oxygen atoms in total. The van der Waals surface area contributed by atoms with Crippen molar-refractivity contribution in [3.63, 3.8) is 0 Å². The van der Waals surface area contributed by atoms with Crippen molar-refractivity contribution in [2.45, 2.75) is 99.9 Å². The van der Waals surface area contributed by atoms with Crippen LogP contribution < -0.4 is 19.9 Å². The molecule has 2 aliphatic heterocycles. The van der Waals surface area contributed by atoms with Gasteiger partial charge in [0.2, 0.25) is 0 Å². The second kappa shape index (κ2) is 15.1. The Bertz CT molecular complexity index is 2620. The molecule has 3 heterocycles. The van der Waals surface area contributed by atoms with Gasteiger partial charge in [-0.1, -0.05) is 67.3 Å². The number of carbonyl (C=O) groups excluding carboxylic acids is 1. The van der Waals surface area contributed by atoms with Crippen molar-refractivity contribution in [3.05, 3.63) is 124 Å². The number of benzene rings is 4. The van der Waals surface area contributed by atoms with E-state index in [0.717, 1.165) is 88.8 Å². The number of carbonyl (C=O) groups is 1. The number of hydrogen-bond acceptors (Lipinski definition) is 9. The minimum absolute atomic E-state index is 0.000725. The van der Waals surface area contributed by atoms with Crippen molar-refractivity contribution in [2.75, 3.05) is 26.6 Å². The molecular formula is C52H52N2O7. The number of esters is 1. The lowest BCUT2D eigenvalue weighted by Gasteiger charge is -2.41. The Morgan fingerprint density at radius 2 is 1.69 bits per heavy atom. The minimum atomic E-state index is -0.587. The zero-order valence-electron chi connectivity index (χ0n) is 35.1. The molecule has 312 valence electrons. The van der Waals surface area contributed by atoms with Gasteiger partial charge in [-0.05, 0) is 120 Å². The van der Waals surface area contributed by atoms with Crippen LogP contribution in [0.2, 0.25) is 0 Å². The number of anilines is 1. The van der Waals surface area contributed by atoms with Crippen molar-refractivity contribution in [1.82, 2.24) is 4.98 Å². The number of hydrogen-bond donors (Lipinski definition) is 3. The number of nitrogen functional groups attached to an aromatic ring is 1. The minimum Gasteiger partial charge on any atom is -0.508 e. The molecule has 2 fully saturated rings. The summed E-state index contributed by atoms with van der Waals surface area (Å²) in [6, 6.07) is 26.6. The van der Waals surface area contributed by atoms with Crippen LogP contribution >= 0.6 is 0 Å². The van der Waals surface area contributed by atoms with Crippen LogP contribution in [0.5, 0.6) is 28.7 Å². The van der Waals surface area contributed by atoms with Gasteiger partial charge in [-0.2, -0.15) is 0 Å². The molecule has 5 aliphatic rings. The van der Waals surface area contributed by atoms with Gasteiger partial charge in [-0.25, -0.2) is 4.98 Å². The predicted octanol–water partition coefficient (Wildman–Crippen LogP) is 9.73. The van der Waals surface area contributed by atoms with Crippen LogP contribution in [0.1, 0.15) is 121 Å². The van der Waals surface area contributed by atoms with Gasteiger partial charge >= 0.3 is 5.97 Å². The molecule has 0 unspecified atom stereocenters. The molecule has 1 aromatic heterocycles. The number of nitrogens with zero attached hydrogens (tertiary/aromatic N) is 1. The second-order valence-corrected chi connectivity index (χ2v) is 18.0. The van der Waals surface area contributed by atoms with Gasteiger partial charge in [0.25, 0.3) is 0 Å². The highest BCUT2D eigenvalue weighted by Gasteiger charge is 2.53. The summed E-state index contributed by atoms with van der Waals surface area (Å²) in [7, 11) is 3.18. The third-order valence-electron chi connectivity index (χ3n) is 14.7. The summed E-state index contributed by atoms with van der Waals surface area (Å²) in [5.74, 6) is 8.93. The standard InChI is InChI=1S/C52H52N2O7/c1-30(55)60-29-41-37-14-15-38-47-33(22-35(56)24-45(47)59-3)27-52-21-18-32(26-52)40(28-51(19-7-8-20-51)34-11-5-4-6-12-34)36-16-17-46(53)54-42(36)13-9-10-31-23-43(57)44(58-2)25-39(31)49(41)61-50(37)48(38)52/h4-6,11-12,14-17,22-25,32,40-41,49,56-57H,7-8,10,18-21,26-29H2,1-3H3,(H2,53,54)/t32-,40-,41+,49-,52+/m1/s1. The van der Waals surface area contributed by atoms with E-state index >= 15 is 0 Å². The Labute approximate surface area is 357 Å². The van der Waals surface area contributed by atoms with Gasteiger partial charge in [-0.3, -0.25) is 4.79 Å². The first-order valence-electron chi connectivity index (χ1n) is 21.7. The third kappa shape index (κ3) is 6.54.